The van der Waals surface area contributed by atoms with Crippen LogP contribution in [-0.4, -0.2) is 48.0 Å². The van der Waals surface area contributed by atoms with Gasteiger partial charge in [-0.25, -0.2) is 10.9 Å². The van der Waals surface area contributed by atoms with Crippen LogP contribution in [-0.2, 0) is 9.59 Å². The van der Waals surface area contributed by atoms with E-state index >= 15 is 0 Å². The lowest BCUT2D eigenvalue weighted by Crippen LogP contribution is -2.47. The molecule has 0 aromatic heterocycles. The molecular weight excluding hydrogens is 244 g/mol. The second-order valence-corrected chi connectivity index (χ2v) is 5.65. The first-order valence-corrected chi connectivity index (χ1v) is 7.37. The van der Waals surface area contributed by atoms with Gasteiger partial charge in [0.1, 0.15) is 0 Å². The van der Waals surface area contributed by atoms with Crippen molar-refractivity contribution >= 4 is 11.8 Å². The Morgan fingerprint density at radius 3 is 1.63 bits per heavy atom. The van der Waals surface area contributed by atoms with Crippen molar-refractivity contribution in [3.05, 3.63) is 0 Å². The van der Waals surface area contributed by atoms with Crippen LogP contribution < -0.4 is 10.9 Å². The van der Waals surface area contributed by atoms with Gasteiger partial charge in [-0.1, -0.05) is 6.42 Å². The molecule has 3 aliphatic rings. The molecule has 0 radical (unpaired) electrons. The van der Waals surface area contributed by atoms with E-state index in [2.05, 4.69) is 10.9 Å². The number of carbonyl (C=O) groups excluding carboxylic acids is 2. The highest BCUT2D eigenvalue weighted by atomic mass is 16.2. The molecule has 6 heteroatoms. The van der Waals surface area contributed by atoms with Crippen LogP contribution in [0, 0.1) is 11.8 Å². The fraction of sp³-hybridized carbons (Fsp3) is 0.846. The first-order chi connectivity index (χ1) is 9.27. The summed E-state index contributed by atoms with van der Waals surface area (Å²) in [5, 5.41) is 3.43. The third-order valence-electron chi connectivity index (χ3n) is 4.40. The van der Waals surface area contributed by atoms with Gasteiger partial charge in [-0.3, -0.25) is 19.6 Å². The third-order valence-corrected chi connectivity index (χ3v) is 4.40. The Balaban J connectivity index is 1.66. The van der Waals surface area contributed by atoms with Crippen LogP contribution >= 0.6 is 0 Å². The molecule has 0 aromatic carbocycles. The van der Waals surface area contributed by atoms with E-state index in [-0.39, 0.29) is 23.7 Å². The zero-order valence-corrected chi connectivity index (χ0v) is 11.2. The Morgan fingerprint density at radius 2 is 1.26 bits per heavy atom. The van der Waals surface area contributed by atoms with Crippen molar-refractivity contribution < 1.29 is 9.59 Å². The van der Waals surface area contributed by atoms with Gasteiger partial charge >= 0.3 is 0 Å². The molecule has 0 aromatic rings. The summed E-state index contributed by atoms with van der Waals surface area (Å²) in [6, 6.07) is 0. The van der Waals surface area contributed by atoms with Crippen molar-refractivity contribution in [3.63, 3.8) is 0 Å². The maximum Gasteiger partial charge on any atom is 0.240 e. The molecule has 2 amide bonds. The minimum atomic E-state index is -0.125. The van der Waals surface area contributed by atoms with Crippen LogP contribution in [0.1, 0.15) is 32.1 Å². The standard InChI is InChI=1S/C13H22N4O2/c18-12(16-8-2-6-14-16)10-4-1-5-11(10)13(19)17-9-3-7-15-17/h10-11,14-15H,1-9H2/t10-,11-/m1/s1. The van der Waals surface area contributed by atoms with E-state index in [1.807, 2.05) is 0 Å². The average Bonchev–Trinajstić information content (AvgIpc) is 3.16. The number of carbonyl (C=O) groups is 2. The lowest BCUT2D eigenvalue weighted by atomic mass is 9.94. The summed E-state index contributed by atoms with van der Waals surface area (Å²) < 4.78 is 0. The van der Waals surface area contributed by atoms with Gasteiger partial charge in [0.25, 0.3) is 0 Å². The number of nitrogens with zero attached hydrogens (tertiary/aromatic N) is 2. The van der Waals surface area contributed by atoms with Crippen molar-refractivity contribution in [1.82, 2.24) is 20.9 Å². The first kappa shape index (κ1) is 12.9. The Labute approximate surface area is 113 Å². The van der Waals surface area contributed by atoms with E-state index in [1.54, 1.807) is 10.0 Å². The summed E-state index contributed by atoms with van der Waals surface area (Å²) in [5.41, 5.74) is 6.21. The van der Waals surface area contributed by atoms with Crippen LogP contribution in [0.2, 0.25) is 0 Å². The van der Waals surface area contributed by atoms with E-state index in [0.29, 0.717) is 0 Å². The van der Waals surface area contributed by atoms with Gasteiger partial charge in [-0.2, -0.15) is 0 Å². The van der Waals surface area contributed by atoms with E-state index < -0.39 is 0 Å². The van der Waals surface area contributed by atoms with Crippen LogP contribution in [0.3, 0.4) is 0 Å². The lowest BCUT2D eigenvalue weighted by molar-refractivity contribution is -0.146. The summed E-state index contributed by atoms with van der Waals surface area (Å²) in [4.78, 5) is 24.9. The summed E-state index contributed by atoms with van der Waals surface area (Å²) in [7, 11) is 0. The second kappa shape index (κ2) is 5.46. The van der Waals surface area contributed by atoms with Crippen molar-refractivity contribution in [1.29, 1.82) is 0 Å². The summed E-state index contributed by atoms with van der Waals surface area (Å²) >= 11 is 0. The zero-order chi connectivity index (χ0) is 13.2. The summed E-state index contributed by atoms with van der Waals surface area (Å²) in [5.74, 6) is -0.0129. The predicted molar refractivity (Wildman–Crippen MR) is 69.5 cm³/mol. The van der Waals surface area contributed by atoms with E-state index in [0.717, 1.165) is 58.3 Å². The SMILES string of the molecule is O=C([C@@H]1CCC[C@H]1C(=O)N1CCCN1)N1CCCN1. The van der Waals surface area contributed by atoms with E-state index in [1.165, 1.54) is 0 Å². The van der Waals surface area contributed by atoms with Gasteiger partial charge in [0.2, 0.25) is 11.8 Å². The van der Waals surface area contributed by atoms with Crippen LogP contribution in [0.15, 0.2) is 0 Å². The molecule has 19 heavy (non-hydrogen) atoms. The van der Waals surface area contributed by atoms with E-state index in [9.17, 15) is 9.59 Å². The second-order valence-electron chi connectivity index (χ2n) is 5.65. The van der Waals surface area contributed by atoms with Gasteiger partial charge in [-0.15, -0.1) is 0 Å². The molecule has 3 fully saturated rings. The maximum absolute atomic E-state index is 12.4. The molecule has 2 heterocycles. The molecule has 2 saturated heterocycles. The van der Waals surface area contributed by atoms with Crippen molar-refractivity contribution in [2.24, 2.45) is 11.8 Å². The minimum Gasteiger partial charge on any atom is -0.278 e. The number of amides is 2. The van der Waals surface area contributed by atoms with Gasteiger partial charge in [0.05, 0.1) is 11.8 Å². The first-order valence-electron chi connectivity index (χ1n) is 7.37. The molecule has 0 bridgehead atoms. The highest BCUT2D eigenvalue weighted by Crippen LogP contribution is 2.34. The van der Waals surface area contributed by atoms with Gasteiger partial charge in [0.15, 0.2) is 0 Å². The Kier molecular flexibility index (Phi) is 3.70. The fourth-order valence-electron chi connectivity index (χ4n) is 3.39. The summed E-state index contributed by atoms with van der Waals surface area (Å²) in [6.45, 7) is 3.28. The number of nitrogens with one attached hydrogen (secondary N) is 2. The molecule has 6 nitrogen and oxygen atoms in total. The van der Waals surface area contributed by atoms with Crippen LogP contribution in [0.25, 0.3) is 0 Å². The normalized spacial score (nSPS) is 31.2. The number of hydrogen-bond donors (Lipinski definition) is 2. The molecule has 2 atom stereocenters. The smallest absolute Gasteiger partial charge is 0.240 e. The van der Waals surface area contributed by atoms with Crippen molar-refractivity contribution in [3.8, 4) is 0 Å². The van der Waals surface area contributed by atoms with Crippen molar-refractivity contribution in [2.75, 3.05) is 26.2 Å². The minimum absolute atomic E-state index is 0.118. The van der Waals surface area contributed by atoms with Crippen molar-refractivity contribution in [2.45, 2.75) is 32.1 Å². The Morgan fingerprint density at radius 1 is 0.789 bits per heavy atom. The molecule has 2 N–H and O–H groups in total. The molecule has 1 aliphatic carbocycles. The molecule has 1 saturated carbocycles. The molecule has 106 valence electrons. The quantitative estimate of drug-likeness (QED) is 0.731. The van der Waals surface area contributed by atoms with Crippen LogP contribution in [0.5, 0.6) is 0 Å². The Hall–Kier alpha value is -1.14. The van der Waals surface area contributed by atoms with Gasteiger partial charge < -0.3 is 0 Å². The predicted octanol–water partition coefficient (Wildman–Crippen LogP) is -0.123. The lowest BCUT2D eigenvalue weighted by Gasteiger charge is -2.26. The average molecular weight is 266 g/mol. The maximum atomic E-state index is 12.4. The number of hydrogen-bond acceptors (Lipinski definition) is 4. The molecule has 0 spiro atoms. The molecule has 2 aliphatic heterocycles. The molecular formula is C13H22N4O2. The summed E-state index contributed by atoms with van der Waals surface area (Å²) in [6.07, 6.45) is 4.69. The Bertz CT molecular complexity index is 328. The number of hydrazine groups is 2. The zero-order valence-electron chi connectivity index (χ0n) is 11.2. The van der Waals surface area contributed by atoms with Gasteiger partial charge in [0, 0.05) is 26.2 Å². The fourth-order valence-corrected chi connectivity index (χ4v) is 3.39. The topological polar surface area (TPSA) is 64.7 Å². The van der Waals surface area contributed by atoms with Crippen LogP contribution in [0.4, 0.5) is 0 Å². The highest BCUT2D eigenvalue weighted by molar-refractivity contribution is 5.88. The van der Waals surface area contributed by atoms with Gasteiger partial charge in [-0.05, 0) is 25.7 Å². The third kappa shape index (κ3) is 2.47. The van der Waals surface area contributed by atoms with E-state index in [4.69, 9.17) is 0 Å². The molecule has 0 unspecified atom stereocenters. The molecule has 3 rings (SSSR count). The monoisotopic (exact) mass is 266 g/mol. The largest absolute Gasteiger partial charge is 0.278 e. The highest BCUT2D eigenvalue weighted by Gasteiger charge is 2.42. The number of rotatable bonds is 2.